The summed E-state index contributed by atoms with van der Waals surface area (Å²) in [6.45, 7) is -0.223. The molecule has 0 aliphatic heterocycles. The molecule has 1 heterocycles. The van der Waals surface area contributed by atoms with Crippen LogP contribution in [0.1, 0.15) is 11.7 Å². The summed E-state index contributed by atoms with van der Waals surface area (Å²) in [4.78, 5) is 0. The number of aliphatic hydroxyl groups is 1. The van der Waals surface area contributed by atoms with Gasteiger partial charge >= 0.3 is 0 Å². The van der Waals surface area contributed by atoms with E-state index in [-0.39, 0.29) is 12.2 Å². The number of ether oxygens (including phenoxy) is 1. The molecule has 1 unspecified atom stereocenters. The quantitative estimate of drug-likeness (QED) is 0.779. The van der Waals surface area contributed by atoms with E-state index in [9.17, 15) is 13.9 Å². The maximum atomic E-state index is 13.6. The Bertz CT molecular complexity index is 796. The van der Waals surface area contributed by atoms with Gasteiger partial charge in [-0.05, 0) is 40.8 Å². The first-order valence-corrected chi connectivity index (χ1v) is 6.73. The van der Waals surface area contributed by atoms with Crippen LogP contribution >= 0.6 is 0 Å². The molecule has 1 N–H and O–H groups in total. The Morgan fingerprint density at radius 2 is 2.04 bits per heavy atom. The minimum absolute atomic E-state index is 0.151. The van der Waals surface area contributed by atoms with Crippen molar-refractivity contribution in [1.82, 2.24) is 20.2 Å². The van der Waals surface area contributed by atoms with Crippen LogP contribution in [0.25, 0.3) is 5.69 Å². The van der Waals surface area contributed by atoms with Crippen LogP contribution in [0.15, 0.2) is 48.8 Å². The van der Waals surface area contributed by atoms with Gasteiger partial charge in [0.05, 0.1) is 5.69 Å². The average molecular weight is 318 g/mol. The van der Waals surface area contributed by atoms with Crippen molar-refractivity contribution < 1.29 is 18.6 Å². The molecule has 6 nitrogen and oxygen atoms in total. The van der Waals surface area contributed by atoms with Crippen molar-refractivity contribution in [3.63, 3.8) is 0 Å². The van der Waals surface area contributed by atoms with Gasteiger partial charge in [0, 0.05) is 11.6 Å². The summed E-state index contributed by atoms with van der Waals surface area (Å²) in [6.07, 6.45) is 0.137. The van der Waals surface area contributed by atoms with Crippen molar-refractivity contribution in [2.45, 2.75) is 6.10 Å². The number of nitrogens with zero attached hydrogens (tertiary/aromatic N) is 4. The Balaban J connectivity index is 1.71. The first-order valence-electron chi connectivity index (χ1n) is 6.73. The number of benzene rings is 2. The number of halogens is 2. The SMILES string of the molecule is OC(COc1cccc(-n2cnnn2)c1)c1cc(F)ccc1F. The molecule has 2 aromatic carbocycles. The monoisotopic (exact) mass is 318 g/mol. The molecule has 0 bridgehead atoms. The first-order chi connectivity index (χ1) is 11.1. The Labute approximate surface area is 129 Å². The molecule has 0 aliphatic rings. The fourth-order valence-electron chi connectivity index (χ4n) is 2.03. The highest BCUT2D eigenvalue weighted by Crippen LogP contribution is 2.21. The highest BCUT2D eigenvalue weighted by molar-refractivity contribution is 5.38. The summed E-state index contributed by atoms with van der Waals surface area (Å²) in [5.41, 5.74) is 0.514. The molecule has 1 atom stereocenters. The summed E-state index contributed by atoms with van der Waals surface area (Å²) in [7, 11) is 0. The summed E-state index contributed by atoms with van der Waals surface area (Å²) in [5, 5.41) is 20.8. The molecule has 1 aromatic heterocycles. The number of aliphatic hydroxyl groups excluding tert-OH is 1. The smallest absolute Gasteiger partial charge is 0.143 e. The molecule has 23 heavy (non-hydrogen) atoms. The van der Waals surface area contributed by atoms with Gasteiger partial charge in [-0.2, -0.15) is 0 Å². The zero-order valence-electron chi connectivity index (χ0n) is 11.8. The Hall–Kier alpha value is -2.87. The van der Waals surface area contributed by atoms with E-state index in [1.165, 1.54) is 11.0 Å². The standard InChI is InChI=1S/C15H12F2N4O2/c16-10-4-5-14(17)13(6-10)15(22)8-23-12-3-1-2-11(7-12)21-9-18-19-20-21/h1-7,9,15,22H,8H2. The Morgan fingerprint density at radius 3 is 2.83 bits per heavy atom. The van der Waals surface area contributed by atoms with Crippen molar-refractivity contribution in [2.24, 2.45) is 0 Å². The molecule has 118 valence electrons. The second-order valence-corrected chi connectivity index (χ2v) is 4.74. The predicted molar refractivity (Wildman–Crippen MR) is 76.0 cm³/mol. The van der Waals surface area contributed by atoms with Crippen molar-refractivity contribution >= 4 is 0 Å². The third-order valence-electron chi connectivity index (χ3n) is 3.16. The maximum Gasteiger partial charge on any atom is 0.143 e. The van der Waals surface area contributed by atoms with E-state index in [0.717, 1.165) is 18.2 Å². The zero-order valence-corrected chi connectivity index (χ0v) is 11.8. The minimum Gasteiger partial charge on any atom is -0.490 e. The molecule has 0 spiro atoms. The van der Waals surface area contributed by atoms with Crippen LogP contribution in [-0.4, -0.2) is 31.9 Å². The van der Waals surface area contributed by atoms with E-state index in [1.807, 2.05) is 0 Å². The molecule has 0 saturated heterocycles. The highest BCUT2D eigenvalue weighted by Gasteiger charge is 2.15. The summed E-state index contributed by atoms with van der Waals surface area (Å²) >= 11 is 0. The number of tetrazole rings is 1. The molecule has 8 heteroatoms. The minimum atomic E-state index is -1.29. The number of hydrogen-bond donors (Lipinski definition) is 1. The van der Waals surface area contributed by atoms with Gasteiger partial charge in [-0.3, -0.25) is 0 Å². The molecule has 3 rings (SSSR count). The van der Waals surface area contributed by atoms with Crippen LogP contribution in [0.4, 0.5) is 8.78 Å². The maximum absolute atomic E-state index is 13.6. The average Bonchev–Trinajstić information content (AvgIpc) is 3.10. The molecule has 0 saturated carbocycles. The van der Waals surface area contributed by atoms with Gasteiger partial charge in [0.1, 0.15) is 36.4 Å². The lowest BCUT2D eigenvalue weighted by molar-refractivity contribution is 0.104. The molecule has 0 amide bonds. The fraction of sp³-hybridized carbons (Fsp3) is 0.133. The lowest BCUT2D eigenvalue weighted by Gasteiger charge is -2.14. The Kier molecular flexibility index (Phi) is 4.24. The number of rotatable bonds is 5. The molecule has 0 radical (unpaired) electrons. The molecule has 3 aromatic rings. The van der Waals surface area contributed by atoms with Crippen LogP contribution in [0.5, 0.6) is 5.75 Å². The van der Waals surface area contributed by atoms with E-state index < -0.39 is 17.7 Å². The highest BCUT2D eigenvalue weighted by atomic mass is 19.1. The fourth-order valence-corrected chi connectivity index (χ4v) is 2.03. The van der Waals surface area contributed by atoms with Crippen molar-refractivity contribution in [1.29, 1.82) is 0 Å². The normalized spacial score (nSPS) is 12.1. The van der Waals surface area contributed by atoms with Crippen molar-refractivity contribution in [3.8, 4) is 11.4 Å². The Morgan fingerprint density at radius 1 is 1.17 bits per heavy atom. The van der Waals surface area contributed by atoms with Gasteiger partial charge in [-0.15, -0.1) is 5.10 Å². The second-order valence-electron chi connectivity index (χ2n) is 4.74. The summed E-state index contributed by atoms with van der Waals surface area (Å²) < 4.78 is 33.6. The van der Waals surface area contributed by atoms with Crippen molar-refractivity contribution in [2.75, 3.05) is 6.61 Å². The van der Waals surface area contributed by atoms with Gasteiger partial charge in [0.2, 0.25) is 0 Å². The number of aromatic nitrogens is 4. The van der Waals surface area contributed by atoms with E-state index >= 15 is 0 Å². The topological polar surface area (TPSA) is 73.1 Å². The molecular formula is C15H12F2N4O2. The molecule has 0 fully saturated rings. The lowest BCUT2D eigenvalue weighted by Crippen LogP contribution is -2.12. The largest absolute Gasteiger partial charge is 0.490 e. The van der Waals surface area contributed by atoms with Crippen LogP contribution in [-0.2, 0) is 0 Å². The van der Waals surface area contributed by atoms with Gasteiger partial charge < -0.3 is 9.84 Å². The van der Waals surface area contributed by atoms with E-state index in [0.29, 0.717) is 11.4 Å². The third-order valence-corrected chi connectivity index (χ3v) is 3.16. The van der Waals surface area contributed by atoms with Crippen LogP contribution in [0.3, 0.4) is 0 Å². The van der Waals surface area contributed by atoms with Gasteiger partial charge in [0.15, 0.2) is 0 Å². The molecule has 0 aliphatic carbocycles. The number of hydrogen-bond acceptors (Lipinski definition) is 5. The van der Waals surface area contributed by atoms with Crippen LogP contribution in [0.2, 0.25) is 0 Å². The van der Waals surface area contributed by atoms with E-state index in [4.69, 9.17) is 4.74 Å². The molecular weight excluding hydrogens is 306 g/mol. The predicted octanol–water partition coefficient (Wildman–Crippen LogP) is 2.05. The van der Waals surface area contributed by atoms with Gasteiger partial charge in [0.25, 0.3) is 0 Å². The lowest BCUT2D eigenvalue weighted by atomic mass is 10.1. The third kappa shape index (κ3) is 3.49. The summed E-state index contributed by atoms with van der Waals surface area (Å²) in [6, 6.07) is 9.72. The van der Waals surface area contributed by atoms with Gasteiger partial charge in [-0.25, -0.2) is 13.5 Å². The first kappa shape index (κ1) is 15.0. The second kappa shape index (κ2) is 6.49. The van der Waals surface area contributed by atoms with Crippen molar-refractivity contribution in [3.05, 3.63) is 66.0 Å². The zero-order chi connectivity index (χ0) is 16.2. The van der Waals surface area contributed by atoms with E-state index in [1.54, 1.807) is 24.3 Å². The van der Waals surface area contributed by atoms with Crippen LogP contribution in [0, 0.1) is 11.6 Å². The van der Waals surface area contributed by atoms with Crippen LogP contribution < -0.4 is 4.74 Å². The summed E-state index contributed by atoms with van der Waals surface area (Å²) in [5.74, 6) is -0.875. The van der Waals surface area contributed by atoms with E-state index in [2.05, 4.69) is 15.5 Å². The van der Waals surface area contributed by atoms with Gasteiger partial charge in [-0.1, -0.05) is 6.07 Å².